The number of piperidine rings is 1. The molecule has 2 heterocycles. The van der Waals surface area contributed by atoms with Crippen LogP contribution in [-0.4, -0.2) is 62.1 Å². The van der Waals surface area contributed by atoms with Crippen molar-refractivity contribution in [3.8, 4) is 11.5 Å². The van der Waals surface area contributed by atoms with Gasteiger partial charge in [0.15, 0.2) is 0 Å². The van der Waals surface area contributed by atoms with Crippen LogP contribution >= 0.6 is 0 Å². The van der Waals surface area contributed by atoms with Crippen LogP contribution in [0.25, 0.3) is 0 Å². The predicted octanol–water partition coefficient (Wildman–Crippen LogP) is 3.47. The highest BCUT2D eigenvalue weighted by atomic mass is 16.5. The second-order valence-corrected chi connectivity index (χ2v) is 7.86. The van der Waals surface area contributed by atoms with Gasteiger partial charge in [-0.2, -0.15) is 0 Å². The van der Waals surface area contributed by atoms with E-state index in [2.05, 4.69) is 40.2 Å². The Morgan fingerprint density at radius 3 is 2.30 bits per heavy atom. The fourth-order valence-corrected chi connectivity index (χ4v) is 4.27. The Labute approximate surface area is 178 Å². The molecular formula is C24H29N3O3. The van der Waals surface area contributed by atoms with Gasteiger partial charge in [-0.05, 0) is 42.9 Å². The summed E-state index contributed by atoms with van der Waals surface area (Å²) in [6.07, 6.45) is 3.35. The van der Waals surface area contributed by atoms with Gasteiger partial charge >= 0.3 is 0 Å². The van der Waals surface area contributed by atoms with Gasteiger partial charge in [0.1, 0.15) is 11.5 Å². The fourth-order valence-electron chi connectivity index (χ4n) is 4.27. The van der Waals surface area contributed by atoms with Gasteiger partial charge in [-0.15, -0.1) is 0 Å². The van der Waals surface area contributed by atoms with Gasteiger partial charge in [-0.3, -0.25) is 14.7 Å². The van der Waals surface area contributed by atoms with Gasteiger partial charge < -0.3 is 14.4 Å². The van der Waals surface area contributed by atoms with E-state index in [9.17, 15) is 4.79 Å². The molecule has 2 aliphatic heterocycles. The molecule has 0 bridgehead atoms. The van der Waals surface area contributed by atoms with Crippen molar-refractivity contribution in [2.75, 3.05) is 40.4 Å². The maximum atomic E-state index is 13.2. The van der Waals surface area contributed by atoms with E-state index in [0.717, 1.165) is 38.3 Å². The number of carbonyl (C=O) groups excluding carboxylic acids is 1. The number of aliphatic imine (C=N–C) groups is 1. The molecule has 0 aliphatic carbocycles. The van der Waals surface area contributed by atoms with E-state index in [4.69, 9.17) is 9.47 Å². The van der Waals surface area contributed by atoms with E-state index in [1.165, 1.54) is 5.56 Å². The Bertz CT molecular complexity index is 883. The third kappa shape index (κ3) is 4.42. The van der Waals surface area contributed by atoms with Crippen molar-refractivity contribution in [1.29, 1.82) is 0 Å². The van der Waals surface area contributed by atoms with E-state index in [0.29, 0.717) is 36.1 Å². The smallest absolute Gasteiger partial charge is 0.260 e. The second kappa shape index (κ2) is 9.20. The van der Waals surface area contributed by atoms with E-state index >= 15 is 0 Å². The quantitative estimate of drug-likeness (QED) is 0.762. The van der Waals surface area contributed by atoms with E-state index < -0.39 is 0 Å². The lowest BCUT2D eigenvalue weighted by Gasteiger charge is -2.36. The number of carbonyl (C=O) groups is 1. The molecule has 0 spiro atoms. The topological polar surface area (TPSA) is 54.4 Å². The maximum Gasteiger partial charge on any atom is 0.260 e. The number of amides is 1. The molecule has 1 saturated heterocycles. The predicted molar refractivity (Wildman–Crippen MR) is 117 cm³/mol. The molecule has 158 valence electrons. The molecule has 0 aromatic heterocycles. The second-order valence-electron chi connectivity index (χ2n) is 7.86. The molecule has 0 unspecified atom stereocenters. The van der Waals surface area contributed by atoms with Crippen LogP contribution in [0.15, 0.2) is 53.5 Å². The van der Waals surface area contributed by atoms with Crippen LogP contribution in [0.3, 0.4) is 0 Å². The van der Waals surface area contributed by atoms with Crippen molar-refractivity contribution in [2.24, 2.45) is 10.9 Å². The zero-order valence-electron chi connectivity index (χ0n) is 17.7. The molecule has 2 aliphatic rings. The first-order chi connectivity index (χ1) is 14.7. The number of guanidine groups is 1. The van der Waals surface area contributed by atoms with E-state index in [1.54, 1.807) is 37.3 Å². The van der Waals surface area contributed by atoms with Crippen LogP contribution < -0.4 is 9.47 Å². The average Bonchev–Trinajstić information content (AvgIpc) is 3.29. The molecule has 30 heavy (non-hydrogen) atoms. The minimum atomic E-state index is -0.0603. The Kier molecular flexibility index (Phi) is 6.21. The van der Waals surface area contributed by atoms with Crippen LogP contribution in [-0.2, 0) is 6.42 Å². The summed E-state index contributed by atoms with van der Waals surface area (Å²) in [6, 6.07) is 16.0. The summed E-state index contributed by atoms with van der Waals surface area (Å²) in [5, 5.41) is 0. The molecule has 6 heteroatoms. The molecule has 2 aromatic rings. The molecule has 2 aromatic carbocycles. The van der Waals surface area contributed by atoms with Gasteiger partial charge in [0, 0.05) is 31.3 Å². The first-order valence-corrected chi connectivity index (χ1v) is 10.6. The number of hydrogen-bond donors (Lipinski definition) is 0. The van der Waals surface area contributed by atoms with Crippen molar-refractivity contribution in [3.63, 3.8) is 0 Å². The number of methoxy groups -OCH3 is 2. The number of nitrogens with zero attached hydrogens (tertiary/aromatic N) is 3. The molecule has 1 amide bonds. The first kappa shape index (κ1) is 20.3. The largest absolute Gasteiger partial charge is 0.497 e. The molecule has 0 saturated carbocycles. The van der Waals surface area contributed by atoms with Crippen LogP contribution in [0, 0.1) is 5.92 Å². The fraction of sp³-hybridized carbons (Fsp3) is 0.417. The molecule has 1 fully saturated rings. The number of rotatable bonds is 5. The Morgan fingerprint density at radius 1 is 1.00 bits per heavy atom. The van der Waals surface area contributed by atoms with E-state index in [1.807, 2.05) is 0 Å². The van der Waals surface area contributed by atoms with Crippen molar-refractivity contribution < 1.29 is 14.3 Å². The zero-order valence-corrected chi connectivity index (χ0v) is 17.7. The van der Waals surface area contributed by atoms with Gasteiger partial charge in [-0.1, -0.05) is 30.3 Å². The Morgan fingerprint density at radius 2 is 1.67 bits per heavy atom. The van der Waals surface area contributed by atoms with Crippen molar-refractivity contribution in [3.05, 3.63) is 59.7 Å². The summed E-state index contributed by atoms with van der Waals surface area (Å²) in [5.41, 5.74) is 1.96. The summed E-state index contributed by atoms with van der Waals surface area (Å²) in [4.78, 5) is 22.0. The minimum Gasteiger partial charge on any atom is -0.497 e. The van der Waals surface area contributed by atoms with Crippen molar-refractivity contribution >= 4 is 11.9 Å². The molecule has 6 nitrogen and oxygen atoms in total. The van der Waals surface area contributed by atoms with Crippen LogP contribution in [0.1, 0.15) is 28.8 Å². The molecule has 0 atom stereocenters. The minimum absolute atomic E-state index is 0.0603. The van der Waals surface area contributed by atoms with Gasteiger partial charge in [0.25, 0.3) is 5.91 Å². The van der Waals surface area contributed by atoms with Gasteiger partial charge in [0.2, 0.25) is 5.96 Å². The highest BCUT2D eigenvalue weighted by Gasteiger charge is 2.31. The van der Waals surface area contributed by atoms with Crippen LogP contribution in [0.5, 0.6) is 11.5 Å². The summed E-state index contributed by atoms with van der Waals surface area (Å²) in [5.74, 6) is 2.64. The third-order valence-electron chi connectivity index (χ3n) is 5.93. The maximum absolute atomic E-state index is 13.2. The van der Waals surface area contributed by atoms with Gasteiger partial charge in [0.05, 0.1) is 20.8 Å². The lowest BCUT2D eigenvalue weighted by molar-refractivity contribution is 0.0838. The summed E-state index contributed by atoms with van der Waals surface area (Å²) in [7, 11) is 3.18. The van der Waals surface area contributed by atoms with E-state index in [-0.39, 0.29) is 5.91 Å². The highest BCUT2D eigenvalue weighted by molar-refractivity contribution is 6.06. The number of benzene rings is 2. The lowest BCUT2D eigenvalue weighted by Crippen LogP contribution is -2.48. The summed E-state index contributed by atoms with van der Waals surface area (Å²) >= 11 is 0. The van der Waals surface area contributed by atoms with Crippen LogP contribution in [0.2, 0.25) is 0 Å². The standard InChI is InChI=1S/C24H29N3O3/c1-29-21-15-20(16-22(17-21)30-2)23(28)27-13-10-25-24(27)26-11-8-19(9-12-26)14-18-6-4-3-5-7-18/h3-7,15-17,19H,8-14H2,1-2H3. The molecule has 4 rings (SSSR count). The molecule has 0 N–H and O–H groups in total. The number of likely N-dealkylation sites (tertiary alicyclic amines) is 1. The van der Waals surface area contributed by atoms with Crippen molar-refractivity contribution in [1.82, 2.24) is 9.80 Å². The first-order valence-electron chi connectivity index (χ1n) is 10.6. The Balaban J connectivity index is 1.41. The molecule has 0 radical (unpaired) electrons. The summed E-state index contributed by atoms with van der Waals surface area (Å²) in [6.45, 7) is 3.12. The SMILES string of the molecule is COc1cc(OC)cc(C(=O)N2CCN=C2N2CCC(Cc3ccccc3)CC2)c1. The van der Waals surface area contributed by atoms with Gasteiger partial charge in [-0.25, -0.2) is 0 Å². The lowest BCUT2D eigenvalue weighted by atomic mass is 9.90. The molecular weight excluding hydrogens is 378 g/mol. The van der Waals surface area contributed by atoms with Crippen molar-refractivity contribution in [2.45, 2.75) is 19.3 Å². The zero-order chi connectivity index (χ0) is 20.9. The monoisotopic (exact) mass is 407 g/mol. The number of hydrogen-bond acceptors (Lipinski definition) is 5. The third-order valence-corrected chi connectivity index (χ3v) is 5.93. The Hall–Kier alpha value is -3.02. The summed E-state index contributed by atoms with van der Waals surface area (Å²) < 4.78 is 10.6. The number of ether oxygens (including phenoxy) is 2. The van der Waals surface area contributed by atoms with Crippen LogP contribution in [0.4, 0.5) is 0 Å². The highest BCUT2D eigenvalue weighted by Crippen LogP contribution is 2.26. The average molecular weight is 408 g/mol. The normalized spacial score (nSPS) is 17.1.